The lowest BCUT2D eigenvalue weighted by Gasteiger charge is -2.50. The Hall–Kier alpha value is -4.05. The van der Waals surface area contributed by atoms with Crippen LogP contribution in [0.2, 0.25) is 0 Å². The van der Waals surface area contributed by atoms with Gasteiger partial charge >= 0.3 is 0 Å². The molecule has 0 unspecified atom stereocenters. The Balaban J connectivity index is 2.03. The van der Waals surface area contributed by atoms with E-state index >= 15 is 0 Å². The van der Waals surface area contributed by atoms with Crippen molar-refractivity contribution >= 4 is 23.2 Å². The van der Waals surface area contributed by atoms with Gasteiger partial charge in [0, 0.05) is 17.1 Å². The van der Waals surface area contributed by atoms with E-state index in [2.05, 4.69) is 23.7 Å². The fourth-order valence-corrected chi connectivity index (χ4v) is 5.79. The Morgan fingerprint density at radius 3 is 2.28 bits per heavy atom. The largest absolute Gasteiger partial charge is 0.508 e. The number of primary amides is 1. The molecule has 0 bridgehead atoms. The lowest BCUT2D eigenvalue weighted by molar-refractivity contribution is -0.153. The van der Waals surface area contributed by atoms with Crippen molar-refractivity contribution in [1.82, 2.24) is 4.90 Å². The number of aromatic hydroxyl groups is 1. The first kappa shape index (κ1) is 25.1. The van der Waals surface area contributed by atoms with Gasteiger partial charge < -0.3 is 26.2 Å². The summed E-state index contributed by atoms with van der Waals surface area (Å²) in [5.74, 6) is 4.25. The van der Waals surface area contributed by atoms with E-state index in [0.29, 0.717) is 11.1 Å². The molecule has 0 spiro atoms. The van der Waals surface area contributed by atoms with Gasteiger partial charge in [-0.25, -0.2) is 0 Å². The van der Waals surface area contributed by atoms with Crippen molar-refractivity contribution in [2.45, 2.75) is 38.3 Å². The van der Waals surface area contributed by atoms with Crippen LogP contribution < -0.4 is 5.73 Å². The first-order valence-electron chi connectivity index (χ1n) is 11.3. The number of Topliss-reactive ketones (excluding diaryl/α,β-unsaturated/α-hetero) is 2. The molecule has 1 saturated carbocycles. The Morgan fingerprint density at radius 1 is 1.11 bits per heavy atom. The smallest absolute Gasteiger partial charge is 0.255 e. The number of hydrogen-bond donors (Lipinski definition) is 5. The molecule has 0 aromatic heterocycles. The second-order valence-corrected chi connectivity index (χ2v) is 9.39. The normalized spacial score (nSPS) is 26.9. The summed E-state index contributed by atoms with van der Waals surface area (Å²) < 4.78 is 0. The zero-order valence-electron chi connectivity index (χ0n) is 20.3. The molecule has 4 rings (SSSR count). The Morgan fingerprint density at radius 2 is 1.72 bits per heavy atom. The van der Waals surface area contributed by atoms with E-state index in [0.717, 1.165) is 0 Å². The lowest BCUT2D eigenvalue weighted by atomic mass is 9.57. The number of carbonyl (C=O) groups is 3. The van der Waals surface area contributed by atoms with Gasteiger partial charge in [-0.1, -0.05) is 11.8 Å². The molecule has 0 saturated heterocycles. The third-order valence-electron chi connectivity index (χ3n) is 7.24. The van der Waals surface area contributed by atoms with Crippen LogP contribution in [0.1, 0.15) is 42.5 Å². The summed E-state index contributed by atoms with van der Waals surface area (Å²) in [6.07, 6.45) is 0.188. The van der Waals surface area contributed by atoms with E-state index in [1.807, 2.05) is 0 Å². The van der Waals surface area contributed by atoms with E-state index < -0.39 is 58.0 Å². The van der Waals surface area contributed by atoms with E-state index in [1.54, 1.807) is 34.0 Å². The van der Waals surface area contributed by atoms with Gasteiger partial charge in [0.2, 0.25) is 5.78 Å². The standard InChI is InChI=1S/C27H26N2O7/c1-5-7-12-9-13(8-6-2)21(30)18-15(12)10-14-11-16-20(29(3)4)23(32)19(26(28)35)25(34)27(16,36)24(33)17(14)22(18)31/h9,14,16,20,30-31,34,36H,10-11H2,1-4H3,(H2,28,35)/t14-,16-,20-,27+/m0/s1. The molecule has 36 heavy (non-hydrogen) atoms. The molecule has 1 fully saturated rings. The number of nitrogens with zero attached hydrogens (tertiary/aromatic N) is 1. The fraction of sp³-hybridized carbons (Fsp3) is 0.370. The van der Waals surface area contributed by atoms with E-state index in [9.17, 15) is 34.8 Å². The lowest BCUT2D eigenvalue weighted by Crippen LogP contribution is -2.65. The van der Waals surface area contributed by atoms with E-state index in [1.165, 1.54) is 4.90 Å². The van der Waals surface area contributed by atoms with Gasteiger partial charge in [0.05, 0.1) is 17.2 Å². The summed E-state index contributed by atoms with van der Waals surface area (Å²) in [4.78, 5) is 40.5. The predicted molar refractivity (Wildman–Crippen MR) is 129 cm³/mol. The zero-order chi connectivity index (χ0) is 26.7. The summed E-state index contributed by atoms with van der Waals surface area (Å²) in [5, 5.41) is 44.7. The number of nitrogens with two attached hydrogens (primary N) is 1. The Bertz CT molecular complexity index is 1430. The third-order valence-corrected chi connectivity index (χ3v) is 7.24. The van der Waals surface area contributed by atoms with Gasteiger partial charge in [-0.2, -0.15) is 0 Å². The van der Waals surface area contributed by atoms with Crippen LogP contribution in [-0.4, -0.2) is 68.5 Å². The first-order valence-corrected chi connectivity index (χ1v) is 11.3. The molecule has 4 atom stereocenters. The second-order valence-electron chi connectivity index (χ2n) is 9.39. The maximum atomic E-state index is 13.8. The maximum Gasteiger partial charge on any atom is 0.255 e. The molecular formula is C27H26N2O7. The minimum Gasteiger partial charge on any atom is -0.508 e. The van der Waals surface area contributed by atoms with Crippen molar-refractivity contribution in [3.05, 3.63) is 45.2 Å². The minimum absolute atomic E-state index is 0.0159. The van der Waals surface area contributed by atoms with Crippen molar-refractivity contribution in [2.24, 2.45) is 17.6 Å². The number of benzene rings is 1. The molecule has 0 radical (unpaired) electrons. The Kier molecular flexibility index (Phi) is 5.96. The van der Waals surface area contributed by atoms with Crippen LogP contribution >= 0.6 is 0 Å². The quantitative estimate of drug-likeness (QED) is 0.299. The number of ketones is 2. The SMILES string of the molecule is CC#Cc1cc(C#CC)c2c(c1O)C(O)=C1C(=O)[C@@]3(O)C(O)=C(C(N)=O)C(=O)[C@@H](N(C)C)[C@@H]3C[C@@H]1C2. The van der Waals surface area contributed by atoms with Gasteiger partial charge in [0.25, 0.3) is 5.91 Å². The fourth-order valence-electron chi connectivity index (χ4n) is 5.79. The first-order chi connectivity index (χ1) is 16.9. The number of amides is 1. The minimum atomic E-state index is -2.67. The molecule has 3 aliphatic rings. The summed E-state index contributed by atoms with van der Waals surface area (Å²) in [7, 11) is 3.10. The molecule has 0 heterocycles. The summed E-state index contributed by atoms with van der Waals surface area (Å²) in [6.45, 7) is 3.22. The number of hydrogen-bond acceptors (Lipinski definition) is 8. The molecule has 3 aliphatic carbocycles. The number of phenolic OH excluding ortho intramolecular Hbond substituents is 1. The highest BCUT2D eigenvalue weighted by molar-refractivity contribution is 6.24. The monoisotopic (exact) mass is 490 g/mol. The van der Waals surface area contributed by atoms with Gasteiger partial charge in [0.15, 0.2) is 11.4 Å². The second kappa shape index (κ2) is 8.56. The zero-order valence-corrected chi connectivity index (χ0v) is 20.3. The summed E-state index contributed by atoms with van der Waals surface area (Å²) >= 11 is 0. The molecule has 1 amide bonds. The third kappa shape index (κ3) is 3.25. The van der Waals surface area contributed by atoms with Crippen molar-refractivity contribution < 1.29 is 34.8 Å². The predicted octanol–water partition coefficient (Wildman–Crippen LogP) is 0.707. The maximum absolute atomic E-state index is 13.8. The molecule has 6 N–H and O–H groups in total. The number of phenols is 1. The molecule has 1 aromatic carbocycles. The average molecular weight is 491 g/mol. The molecule has 9 nitrogen and oxygen atoms in total. The van der Waals surface area contributed by atoms with Gasteiger partial charge in [-0.05, 0) is 58.3 Å². The number of aliphatic hydroxyl groups excluding tert-OH is 2. The van der Waals surface area contributed by atoms with E-state index in [-0.39, 0.29) is 35.3 Å². The van der Waals surface area contributed by atoms with Crippen LogP contribution in [0.3, 0.4) is 0 Å². The van der Waals surface area contributed by atoms with Crippen molar-refractivity contribution in [3.8, 4) is 29.4 Å². The molecule has 186 valence electrons. The van der Waals surface area contributed by atoms with Gasteiger partial charge in [-0.3, -0.25) is 19.3 Å². The van der Waals surface area contributed by atoms with Crippen molar-refractivity contribution in [1.29, 1.82) is 0 Å². The molecule has 0 aliphatic heterocycles. The number of aliphatic hydroxyl groups is 3. The van der Waals surface area contributed by atoms with Crippen molar-refractivity contribution in [3.63, 3.8) is 0 Å². The highest BCUT2D eigenvalue weighted by atomic mass is 16.3. The molecule has 1 aromatic rings. The number of carbonyl (C=O) groups excluding carboxylic acids is 3. The van der Waals surface area contributed by atoms with Crippen LogP contribution in [0.15, 0.2) is 23.0 Å². The van der Waals surface area contributed by atoms with Gasteiger partial charge in [0.1, 0.15) is 22.8 Å². The van der Waals surface area contributed by atoms with Gasteiger partial charge in [-0.15, -0.1) is 11.8 Å². The molecule has 9 heteroatoms. The summed E-state index contributed by atoms with van der Waals surface area (Å²) in [5.41, 5.74) is 2.80. The average Bonchev–Trinajstić information content (AvgIpc) is 2.79. The number of rotatable bonds is 2. The van der Waals surface area contributed by atoms with Crippen LogP contribution in [-0.2, 0) is 20.8 Å². The van der Waals surface area contributed by atoms with Crippen molar-refractivity contribution in [2.75, 3.05) is 14.1 Å². The highest BCUT2D eigenvalue weighted by Crippen LogP contribution is 2.53. The summed E-state index contributed by atoms with van der Waals surface area (Å²) in [6, 6.07) is 0.480. The number of likely N-dealkylation sites (N-methyl/N-ethyl adjacent to an activating group) is 1. The number of fused-ring (bicyclic) bond motifs is 3. The van der Waals surface area contributed by atoms with E-state index in [4.69, 9.17) is 5.73 Å². The van der Waals surface area contributed by atoms with Crippen LogP contribution in [0.25, 0.3) is 5.76 Å². The molecular weight excluding hydrogens is 464 g/mol. The Labute approximate surface area is 207 Å². The van der Waals surface area contributed by atoms with Crippen LogP contribution in [0.4, 0.5) is 0 Å². The van der Waals surface area contributed by atoms with Crippen LogP contribution in [0.5, 0.6) is 5.75 Å². The highest BCUT2D eigenvalue weighted by Gasteiger charge is 2.64. The van der Waals surface area contributed by atoms with Crippen LogP contribution in [0, 0.1) is 35.5 Å². The topological polar surface area (TPSA) is 161 Å².